The summed E-state index contributed by atoms with van der Waals surface area (Å²) in [5.74, 6) is -0.907. The van der Waals surface area contributed by atoms with Gasteiger partial charge in [0.15, 0.2) is 0 Å². The summed E-state index contributed by atoms with van der Waals surface area (Å²) in [4.78, 5) is 10.9. The Morgan fingerprint density at radius 1 is 1.83 bits per heavy atom. The lowest BCUT2D eigenvalue weighted by atomic mass is 10.0. The van der Waals surface area contributed by atoms with E-state index in [0.29, 0.717) is 6.54 Å². The predicted octanol–water partition coefficient (Wildman–Crippen LogP) is 0.497. The fourth-order valence-electron chi connectivity index (χ4n) is 1.34. The van der Waals surface area contributed by atoms with E-state index in [1.807, 2.05) is 0 Å². The minimum Gasteiger partial charge on any atom is -0.464 e. The zero-order valence-corrected chi connectivity index (χ0v) is 7.18. The van der Waals surface area contributed by atoms with Crippen LogP contribution in [0.25, 0.3) is 0 Å². The van der Waals surface area contributed by atoms with E-state index in [2.05, 4.69) is 10.1 Å². The smallest absolute Gasteiger partial charge is 0.341 e. The van der Waals surface area contributed by atoms with Crippen LogP contribution in [0.3, 0.4) is 0 Å². The Morgan fingerprint density at radius 3 is 3.08 bits per heavy atom. The molecule has 3 nitrogen and oxygen atoms in total. The van der Waals surface area contributed by atoms with Crippen LogP contribution in [0.5, 0.6) is 0 Å². The van der Waals surface area contributed by atoms with E-state index < -0.39 is 12.1 Å². The van der Waals surface area contributed by atoms with Gasteiger partial charge in [-0.2, -0.15) is 0 Å². The molecule has 2 unspecified atom stereocenters. The van der Waals surface area contributed by atoms with Gasteiger partial charge in [0.05, 0.1) is 6.61 Å². The maximum atomic E-state index is 13.2. The predicted molar refractivity (Wildman–Crippen MR) is 42.5 cm³/mol. The van der Waals surface area contributed by atoms with Gasteiger partial charge in [-0.1, -0.05) is 0 Å². The number of carbonyl (C=O) groups is 1. The van der Waals surface area contributed by atoms with Crippen molar-refractivity contribution < 1.29 is 13.9 Å². The number of nitrogens with one attached hydrogen (secondary N) is 1. The normalized spacial score (nSPS) is 25.3. The van der Waals surface area contributed by atoms with Gasteiger partial charge in [0.25, 0.3) is 0 Å². The van der Waals surface area contributed by atoms with Gasteiger partial charge in [0.1, 0.15) is 0 Å². The first-order valence-electron chi connectivity index (χ1n) is 4.27. The Kier molecular flexibility index (Phi) is 3.47. The molecule has 2 atom stereocenters. The Balaban J connectivity index is 2.34. The van der Waals surface area contributed by atoms with Crippen molar-refractivity contribution in [3.63, 3.8) is 0 Å². The van der Waals surface area contributed by atoms with Gasteiger partial charge in [-0.15, -0.1) is 0 Å². The van der Waals surface area contributed by atoms with Crippen molar-refractivity contribution in [1.29, 1.82) is 0 Å². The van der Waals surface area contributed by atoms with E-state index in [4.69, 9.17) is 0 Å². The maximum Gasteiger partial charge on any atom is 0.341 e. The van der Waals surface area contributed by atoms with Crippen LogP contribution in [0.15, 0.2) is 0 Å². The molecule has 1 aliphatic rings. The second-order valence-corrected chi connectivity index (χ2v) is 2.91. The summed E-state index contributed by atoms with van der Waals surface area (Å²) in [5.41, 5.74) is 0. The van der Waals surface area contributed by atoms with Gasteiger partial charge in [-0.05, 0) is 19.9 Å². The SMILES string of the molecule is CCOC(=O)C(F)C1CCNC1. The first kappa shape index (κ1) is 9.45. The second-order valence-electron chi connectivity index (χ2n) is 2.91. The highest BCUT2D eigenvalue weighted by atomic mass is 19.1. The molecule has 0 saturated carbocycles. The molecule has 1 saturated heterocycles. The summed E-state index contributed by atoms with van der Waals surface area (Å²) in [6.45, 7) is 3.31. The zero-order valence-electron chi connectivity index (χ0n) is 7.18. The molecule has 0 aromatic heterocycles. The highest BCUT2D eigenvalue weighted by Gasteiger charge is 2.31. The monoisotopic (exact) mass is 175 g/mol. The Labute approximate surface area is 71.3 Å². The molecule has 0 bridgehead atoms. The van der Waals surface area contributed by atoms with Gasteiger partial charge in [0, 0.05) is 12.5 Å². The van der Waals surface area contributed by atoms with Gasteiger partial charge in [-0.25, -0.2) is 9.18 Å². The van der Waals surface area contributed by atoms with Crippen LogP contribution in [-0.4, -0.2) is 31.8 Å². The van der Waals surface area contributed by atoms with Crippen molar-refractivity contribution in [2.75, 3.05) is 19.7 Å². The standard InChI is InChI=1S/C8H14FNO2/c1-2-12-8(11)7(9)6-3-4-10-5-6/h6-7,10H,2-5H2,1H3. The van der Waals surface area contributed by atoms with Crippen molar-refractivity contribution in [2.24, 2.45) is 5.92 Å². The van der Waals surface area contributed by atoms with Crippen molar-refractivity contribution >= 4 is 5.97 Å². The molecule has 0 spiro atoms. The lowest BCUT2D eigenvalue weighted by molar-refractivity contribution is -0.151. The van der Waals surface area contributed by atoms with Crippen LogP contribution in [-0.2, 0) is 9.53 Å². The fourth-order valence-corrected chi connectivity index (χ4v) is 1.34. The van der Waals surface area contributed by atoms with E-state index in [9.17, 15) is 9.18 Å². The molecular formula is C8H14FNO2. The average molecular weight is 175 g/mol. The molecule has 1 N–H and O–H groups in total. The van der Waals surface area contributed by atoms with Crippen molar-refractivity contribution in [1.82, 2.24) is 5.32 Å². The number of alkyl halides is 1. The van der Waals surface area contributed by atoms with Gasteiger partial charge < -0.3 is 10.1 Å². The topological polar surface area (TPSA) is 38.3 Å². The van der Waals surface area contributed by atoms with Crippen LogP contribution in [0.4, 0.5) is 4.39 Å². The summed E-state index contributed by atoms with van der Waals surface area (Å²) >= 11 is 0. The maximum absolute atomic E-state index is 13.2. The van der Waals surface area contributed by atoms with E-state index in [1.165, 1.54) is 0 Å². The third-order valence-corrected chi connectivity index (χ3v) is 2.02. The largest absolute Gasteiger partial charge is 0.464 e. The molecule has 1 fully saturated rings. The molecule has 4 heteroatoms. The fraction of sp³-hybridized carbons (Fsp3) is 0.875. The first-order chi connectivity index (χ1) is 5.75. The third-order valence-electron chi connectivity index (χ3n) is 2.02. The average Bonchev–Trinajstić information content (AvgIpc) is 2.55. The third kappa shape index (κ3) is 2.17. The first-order valence-corrected chi connectivity index (χ1v) is 4.27. The van der Waals surface area contributed by atoms with Gasteiger partial charge in [0.2, 0.25) is 6.17 Å². The summed E-state index contributed by atoms with van der Waals surface area (Å²) in [6, 6.07) is 0. The van der Waals surface area contributed by atoms with Gasteiger partial charge in [-0.3, -0.25) is 0 Å². The van der Waals surface area contributed by atoms with E-state index >= 15 is 0 Å². The number of hydrogen-bond donors (Lipinski definition) is 1. The number of hydrogen-bond acceptors (Lipinski definition) is 3. The molecular weight excluding hydrogens is 161 g/mol. The van der Waals surface area contributed by atoms with E-state index in [1.54, 1.807) is 6.92 Å². The van der Waals surface area contributed by atoms with Crippen LogP contribution >= 0.6 is 0 Å². The molecule has 0 aromatic rings. The molecule has 0 aromatic carbocycles. The van der Waals surface area contributed by atoms with Crippen molar-refractivity contribution in [2.45, 2.75) is 19.5 Å². The van der Waals surface area contributed by atoms with Crippen molar-refractivity contribution in [3.8, 4) is 0 Å². The summed E-state index contributed by atoms with van der Waals surface area (Å²) in [6.07, 6.45) is -0.722. The van der Waals surface area contributed by atoms with Crippen LogP contribution in [0.1, 0.15) is 13.3 Å². The second kappa shape index (κ2) is 4.40. The molecule has 70 valence electrons. The molecule has 0 aliphatic carbocycles. The van der Waals surface area contributed by atoms with Crippen LogP contribution in [0.2, 0.25) is 0 Å². The number of ether oxygens (including phenoxy) is 1. The quantitative estimate of drug-likeness (QED) is 0.635. The van der Waals surface area contributed by atoms with Crippen LogP contribution in [0, 0.1) is 5.92 Å². The van der Waals surface area contributed by atoms with E-state index in [0.717, 1.165) is 13.0 Å². The molecule has 0 radical (unpaired) electrons. The Hall–Kier alpha value is -0.640. The zero-order chi connectivity index (χ0) is 8.97. The number of halogens is 1. The van der Waals surface area contributed by atoms with Gasteiger partial charge >= 0.3 is 5.97 Å². The molecule has 1 rings (SSSR count). The summed E-state index contributed by atoms with van der Waals surface area (Å²) in [5, 5.41) is 3.00. The van der Waals surface area contributed by atoms with Crippen LogP contribution < -0.4 is 5.32 Å². The molecule has 0 amide bonds. The molecule has 12 heavy (non-hydrogen) atoms. The van der Waals surface area contributed by atoms with Crippen molar-refractivity contribution in [3.05, 3.63) is 0 Å². The van der Waals surface area contributed by atoms with E-state index in [-0.39, 0.29) is 12.5 Å². The summed E-state index contributed by atoms with van der Waals surface area (Å²) < 4.78 is 17.7. The highest BCUT2D eigenvalue weighted by Crippen LogP contribution is 2.16. The number of esters is 1. The lowest BCUT2D eigenvalue weighted by Gasteiger charge is -2.12. The molecule has 1 aliphatic heterocycles. The lowest BCUT2D eigenvalue weighted by Crippen LogP contribution is -2.28. The Morgan fingerprint density at radius 2 is 2.58 bits per heavy atom. The summed E-state index contributed by atoms with van der Waals surface area (Å²) in [7, 11) is 0. The molecule has 1 heterocycles. The Bertz CT molecular complexity index is 157. The minimum absolute atomic E-state index is 0.191. The highest BCUT2D eigenvalue weighted by molar-refractivity contribution is 5.74. The number of carbonyl (C=O) groups excluding carboxylic acids is 1. The number of rotatable bonds is 3. The minimum atomic E-state index is -1.44.